The van der Waals surface area contributed by atoms with Gasteiger partial charge in [-0.2, -0.15) is 0 Å². The molecule has 1 fully saturated rings. The molecular formula is C36H48ClNO6. The van der Waals surface area contributed by atoms with Crippen molar-refractivity contribution < 1.29 is 29.6 Å². The summed E-state index contributed by atoms with van der Waals surface area (Å²) in [5.41, 5.74) is 1.47. The van der Waals surface area contributed by atoms with Crippen molar-refractivity contribution >= 4 is 24.3 Å². The Kier molecular flexibility index (Phi) is 14.5. The molecule has 240 valence electrons. The monoisotopic (exact) mass is 625 g/mol. The van der Waals surface area contributed by atoms with E-state index in [2.05, 4.69) is 9.64 Å². The highest BCUT2D eigenvalue weighted by Gasteiger charge is 2.41. The third-order valence-electron chi connectivity index (χ3n) is 8.46. The molecule has 8 heteroatoms. The first-order valence-electron chi connectivity index (χ1n) is 15.2. The third kappa shape index (κ3) is 9.63. The lowest BCUT2D eigenvalue weighted by atomic mass is 9.72. The fraction of sp³-hybridized carbons (Fsp3) is 0.444. The Morgan fingerprint density at radius 1 is 0.886 bits per heavy atom. The van der Waals surface area contributed by atoms with Crippen molar-refractivity contribution in [1.29, 1.82) is 0 Å². The van der Waals surface area contributed by atoms with Crippen LogP contribution in [0.15, 0.2) is 84.9 Å². The van der Waals surface area contributed by atoms with Crippen molar-refractivity contribution in [2.45, 2.75) is 70.5 Å². The predicted molar refractivity (Wildman–Crippen MR) is 176 cm³/mol. The number of carboxylic acids is 1. The fourth-order valence-corrected chi connectivity index (χ4v) is 5.72. The summed E-state index contributed by atoms with van der Waals surface area (Å²) in [6.45, 7) is 9.77. The Balaban J connectivity index is 0.000000877. The molecule has 44 heavy (non-hydrogen) atoms. The molecule has 1 atom stereocenters. The van der Waals surface area contributed by atoms with Crippen LogP contribution in [0.3, 0.4) is 0 Å². The van der Waals surface area contributed by atoms with Crippen LogP contribution in [0.4, 0.5) is 0 Å². The van der Waals surface area contributed by atoms with E-state index in [4.69, 9.17) is 0 Å². The first-order chi connectivity index (χ1) is 20.5. The summed E-state index contributed by atoms with van der Waals surface area (Å²) in [4.78, 5) is 23.7. The first-order valence-corrected chi connectivity index (χ1v) is 15.2. The van der Waals surface area contributed by atoms with E-state index < -0.39 is 23.1 Å². The molecule has 0 aromatic heterocycles. The number of hydrogen-bond acceptors (Lipinski definition) is 6. The van der Waals surface area contributed by atoms with Gasteiger partial charge in [-0.3, -0.25) is 9.59 Å². The highest BCUT2D eigenvalue weighted by atomic mass is 35.5. The summed E-state index contributed by atoms with van der Waals surface area (Å²) in [6, 6.07) is 27.3. The number of benzene rings is 3. The SMILES string of the molecule is CC(C)(C(=O)O)c1ccc([C@@H](O)CCCN2CCC(C(O)(c3ccccc3)c3ccccc3)CC2)cc1.CCOC(C)=O.Cl. The zero-order chi connectivity index (χ0) is 31.5. The summed E-state index contributed by atoms with van der Waals surface area (Å²) < 4.78 is 4.40. The number of rotatable bonds is 11. The first kappa shape index (κ1) is 37.0. The summed E-state index contributed by atoms with van der Waals surface area (Å²) in [5.74, 6) is -0.944. The molecule has 0 spiro atoms. The number of carbonyl (C=O) groups is 2. The van der Waals surface area contributed by atoms with Crippen molar-refractivity contribution in [3.63, 3.8) is 0 Å². The van der Waals surface area contributed by atoms with Crippen molar-refractivity contribution in [3.05, 3.63) is 107 Å². The highest BCUT2D eigenvalue weighted by molar-refractivity contribution is 5.85. The predicted octanol–water partition coefficient (Wildman–Crippen LogP) is 6.50. The van der Waals surface area contributed by atoms with Crippen LogP contribution in [0.25, 0.3) is 0 Å². The van der Waals surface area contributed by atoms with E-state index in [9.17, 15) is 24.9 Å². The van der Waals surface area contributed by atoms with Crippen LogP contribution in [0.1, 0.15) is 81.7 Å². The summed E-state index contributed by atoms with van der Waals surface area (Å²) in [7, 11) is 0. The molecule has 0 saturated carbocycles. The molecule has 1 saturated heterocycles. The molecule has 0 aliphatic carbocycles. The highest BCUT2D eigenvalue weighted by Crippen LogP contribution is 2.42. The molecule has 4 rings (SSSR count). The standard InChI is InChI=1S/C32H39NO4.C4H8O2.ClH/c1-31(2,30(35)36)25-17-15-24(16-18-25)29(34)14-9-21-33-22-19-28(20-23-33)32(37,26-10-5-3-6-11-26)27-12-7-4-8-13-27;1-3-6-4(2)5;/h3-8,10-13,15-18,28-29,34,37H,9,14,19-23H2,1-2H3,(H,35,36);3H2,1-2H3;1H/t29-;;/m0../s1. The Bertz CT molecular complexity index is 1240. The average molecular weight is 626 g/mol. The maximum atomic E-state index is 12.1. The molecule has 0 radical (unpaired) electrons. The van der Waals surface area contributed by atoms with Gasteiger partial charge in [0.1, 0.15) is 5.60 Å². The van der Waals surface area contributed by atoms with Crippen molar-refractivity contribution in [2.24, 2.45) is 5.92 Å². The minimum absolute atomic E-state index is 0. The number of aliphatic hydroxyl groups excluding tert-OH is 1. The van der Waals surface area contributed by atoms with E-state index in [1.54, 1.807) is 32.9 Å². The van der Waals surface area contributed by atoms with Crippen molar-refractivity contribution in [2.75, 3.05) is 26.2 Å². The Labute approximate surface area is 268 Å². The lowest BCUT2D eigenvalue weighted by Crippen LogP contribution is -2.44. The second-order valence-electron chi connectivity index (χ2n) is 11.7. The van der Waals surface area contributed by atoms with Gasteiger partial charge in [0.05, 0.1) is 18.1 Å². The van der Waals surface area contributed by atoms with Crippen LogP contribution in [0.5, 0.6) is 0 Å². The number of aliphatic hydroxyl groups is 2. The van der Waals surface area contributed by atoms with Crippen LogP contribution < -0.4 is 0 Å². The van der Waals surface area contributed by atoms with E-state index in [1.807, 2.05) is 72.8 Å². The van der Waals surface area contributed by atoms with Crippen LogP contribution in [-0.4, -0.2) is 58.4 Å². The lowest BCUT2D eigenvalue weighted by molar-refractivity contribution is -0.142. The minimum Gasteiger partial charge on any atom is -0.481 e. The Morgan fingerprint density at radius 2 is 1.39 bits per heavy atom. The van der Waals surface area contributed by atoms with Gasteiger partial charge >= 0.3 is 11.9 Å². The second-order valence-corrected chi connectivity index (χ2v) is 11.7. The summed E-state index contributed by atoms with van der Waals surface area (Å²) in [5, 5.41) is 32.2. The van der Waals surface area contributed by atoms with Crippen molar-refractivity contribution in [3.8, 4) is 0 Å². The lowest BCUT2D eigenvalue weighted by Gasteiger charge is -2.42. The van der Waals surface area contributed by atoms with Gasteiger partial charge < -0.3 is 25.0 Å². The molecule has 0 bridgehead atoms. The third-order valence-corrected chi connectivity index (χ3v) is 8.46. The van der Waals surface area contributed by atoms with E-state index >= 15 is 0 Å². The average Bonchev–Trinajstić information content (AvgIpc) is 3.02. The van der Waals surface area contributed by atoms with Gasteiger partial charge in [0.2, 0.25) is 0 Å². The molecular weight excluding hydrogens is 578 g/mol. The van der Waals surface area contributed by atoms with Gasteiger partial charge in [0.15, 0.2) is 0 Å². The zero-order valence-corrected chi connectivity index (χ0v) is 27.1. The van der Waals surface area contributed by atoms with Gasteiger partial charge in [0, 0.05) is 6.92 Å². The molecule has 1 aliphatic rings. The van der Waals surface area contributed by atoms with Gasteiger partial charge in [-0.15, -0.1) is 12.4 Å². The van der Waals surface area contributed by atoms with Crippen LogP contribution in [-0.2, 0) is 25.3 Å². The van der Waals surface area contributed by atoms with Crippen LogP contribution in [0.2, 0.25) is 0 Å². The molecule has 1 aliphatic heterocycles. The van der Waals surface area contributed by atoms with Crippen LogP contribution in [0, 0.1) is 5.92 Å². The quantitative estimate of drug-likeness (QED) is 0.209. The van der Waals surface area contributed by atoms with Gasteiger partial charge in [0.25, 0.3) is 0 Å². The fourth-order valence-electron chi connectivity index (χ4n) is 5.72. The zero-order valence-electron chi connectivity index (χ0n) is 26.3. The van der Waals surface area contributed by atoms with Crippen molar-refractivity contribution in [1.82, 2.24) is 4.90 Å². The molecule has 3 N–H and O–H groups in total. The van der Waals surface area contributed by atoms with E-state index in [0.29, 0.717) is 13.0 Å². The maximum Gasteiger partial charge on any atom is 0.313 e. The second kappa shape index (κ2) is 17.3. The molecule has 7 nitrogen and oxygen atoms in total. The normalized spacial score (nSPS) is 14.9. The van der Waals surface area contributed by atoms with E-state index in [1.165, 1.54) is 6.92 Å². The summed E-state index contributed by atoms with van der Waals surface area (Å²) >= 11 is 0. The number of piperidine rings is 1. The van der Waals surface area contributed by atoms with Gasteiger partial charge in [-0.25, -0.2) is 0 Å². The minimum atomic E-state index is -1.01. The smallest absolute Gasteiger partial charge is 0.313 e. The number of hydrogen-bond donors (Lipinski definition) is 3. The Morgan fingerprint density at radius 3 is 1.80 bits per heavy atom. The van der Waals surface area contributed by atoms with E-state index in [0.717, 1.165) is 61.2 Å². The van der Waals surface area contributed by atoms with Gasteiger partial charge in [-0.05, 0) is 94.3 Å². The largest absolute Gasteiger partial charge is 0.481 e. The number of nitrogens with zero attached hydrogens (tertiary/aromatic N) is 1. The number of carboxylic acid groups (broad SMARTS) is 1. The topological polar surface area (TPSA) is 107 Å². The number of halogens is 1. The Hall–Kier alpha value is -3.23. The molecule has 3 aromatic rings. The number of esters is 1. The van der Waals surface area contributed by atoms with Gasteiger partial charge in [-0.1, -0.05) is 84.9 Å². The maximum absolute atomic E-state index is 12.1. The number of ether oxygens (including phenoxy) is 1. The summed E-state index contributed by atoms with van der Waals surface area (Å²) in [6.07, 6.45) is 2.77. The molecule has 0 unspecified atom stereocenters. The van der Waals surface area contributed by atoms with Crippen LogP contribution >= 0.6 is 12.4 Å². The van der Waals surface area contributed by atoms with E-state index in [-0.39, 0.29) is 24.3 Å². The molecule has 0 amide bonds. The molecule has 3 aromatic carbocycles. The molecule has 1 heterocycles. The number of likely N-dealkylation sites (tertiary alicyclic amines) is 1. The number of aliphatic carboxylic acids is 1. The number of carbonyl (C=O) groups excluding carboxylic acids is 1.